The van der Waals surface area contributed by atoms with Gasteiger partial charge in [-0.25, -0.2) is 0 Å². The molecular weight excluding hydrogens is 250 g/mol. The predicted octanol–water partition coefficient (Wildman–Crippen LogP) is 3.59. The molecule has 0 unspecified atom stereocenters. The lowest BCUT2D eigenvalue weighted by Gasteiger charge is -2.00. The van der Waals surface area contributed by atoms with Crippen LogP contribution in [-0.2, 0) is 0 Å². The Morgan fingerprint density at radius 2 is 2.31 bits per heavy atom. The van der Waals surface area contributed by atoms with Gasteiger partial charge in [-0.1, -0.05) is 0 Å². The Bertz CT molecular complexity index is 426. The van der Waals surface area contributed by atoms with E-state index in [1.54, 1.807) is 0 Å². The highest BCUT2D eigenvalue weighted by atomic mass is 79.9. The molecule has 4 heteroatoms. The fraction of sp³-hybridized carbons (Fsp3) is 0.111. The van der Waals surface area contributed by atoms with E-state index in [1.165, 1.54) is 12.0 Å². The highest BCUT2D eigenvalue weighted by Crippen LogP contribution is 2.28. The minimum atomic E-state index is 0.875. The van der Waals surface area contributed by atoms with Gasteiger partial charge < -0.3 is 9.17 Å². The molecule has 13 heavy (non-hydrogen) atoms. The van der Waals surface area contributed by atoms with Gasteiger partial charge in [0.1, 0.15) is 5.75 Å². The quantitative estimate of drug-likeness (QED) is 0.833. The Labute approximate surface area is 89.0 Å². The van der Waals surface area contributed by atoms with Gasteiger partial charge in [-0.3, -0.25) is 0 Å². The summed E-state index contributed by atoms with van der Waals surface area (Å²) in [5, 5.41) is 1.14. The molecule has 0 fully saturated rings. The van der Waals surface area contributed by atoms with Crippen molar-refractivity contribution in [2.24, 2.45) is 0 Å². The molecule has 1 N–H and O–H groups in total. The number of benzene rings is 1. The molecule has 0 aliphatic heterocycles. The third-order valence-electron chi connectivity index (χ3n) is 1.78. The van der Waals surface area contributed by atoms with Gasteiger partial charge in [0, 0.05) is 27.8 Å². The Hall–Kier alpha value is -0.610. The molecule has 1 aromatic heterocycles. The summed E-state index contributed by atoms with van der Waals surface area (Å²) in [6.45, 7) is 0. The molecule has 2 rings (SSSR count). The van der Waals surface area contributed by atoms with E-state index in [0.29, 0.717) is 0 Å². The van der Waals surface area contributed by atoms with Crippen molar-refractivity contribution in [2.45, 2.75) is 0 Å². The van der Waals surface area contributed by atoms with E-state index in [-0.39, 0.29) is 0 Å². The maximum absolute atomic E-state index is 5.32. The summed E-state index contributed by atoms with van der Waals surface area (Å²) in [5.74, 6) is 0.875. The second-order valence-electron chi connectivity index (χ2n) is 2.59. The van der Waals surface area contributed by atoms with Gasteiger partial charge in [0.05, 0.1) is 12.0 Å². The van der Waals surface area contributed by atoms with Crippen molar-refractivity contribution in [3.63, 3.8) is 0 Å². The average molecular weight is 258 g/mol. The first kappa shape index (κ1) is 8.97. The van der Waals surface area contributed by atoms with Crippen LogP contribution in [0.4, 0.5) is 0 Å². The van der Waals surface area contributed by atoms with Gasteiger partial charge in [0.2, 0.25) is 0 Å². The van der Waals surface area contributed by atoms with Gasteiger partial charge in [0.25, 0.3) is 0 Å². The summed E-state index contributed by atoms with van der Waals surface area (Å²) in [5.41, 5.74) is 1.11. The first-order valence-corrected chi connectivity index (χ1v) is 5.73. The van der Waals surface area contributed by atoms with E-state index in [0.717, 1.165) is 21.1 Å². The van der Waals surface area contributed by atoms with Crippen molar-refractivity contribution in [3.05, 3.63) is 28.9 Å². The van der Waals surface area contributed by atoms with Crippen LogP contribution in [0.1, 0.15) is 0 Å². The number of halogens is 1. The highest BCUT2D eigenvalue weighted by Gasteiger charge is 2.02. The maximum atomic E-state index is 5.32. The molecule has 0 bridgehead atoms. The number of fused-ring (bicyclic) bond motifs is 1. The minimum Gasteiger partial charge on any atom is -0.426 e. The topological polar surface area (TPSA) is 25.0 Å². The minimum absolute atomic E-state index is 0.875. The number of rotatable bonds is 2. The molecule has 2 aromatic rings. The van der Waals surface area contributed by atoms with Crippen molar-refractivity contribution in [1.29, 1.82) is 0 Å². The van der Waals surface area contributed by atoms with Crippen molar-refractivity contribution in [1.82, 2.24) is 4.98 Å². The number of aromatic amines is 1. The lowest BCUT2D eigenvalue weighted by atomic mass is 10.2. The van der Waals surface area contributed by atoms with E-state index in [9.17, 15) is 0 Å². The first-order chi connectivity index (χ1) is 6.31. The second kappa shape index (κ2) is 3.64. The molecule has 0 saturated heterocycles. The van der Waals surface area contributed by atoms with Crippen molar-refractivity contribution in [3.8, 4) is 5.75 Å². The molecule has 0 aliphatic rings. The molecule has 0 radical (unpaired) electrons. The summed E-state index contributed by atoms with van der Waals surface area (Å²) in [6, 6.07) is 5.96. The molecule has 0 spiro atoms. The van der Waals surface area contributed by atoms with E-state index < -0.39 is 0 Å². The summed E-state index contributed by atoms with van der Waals surface area (Å²) in [4.78, 5) is 3.15. The molecule has 0 atom stereocenters. The third-order valence-corrected chi connectivity index (χ3v) is 2.80. The largest absolute Gasteiger partial charge is 0.426 e. The first-order valence-electron chi connectivity index (χ1n) is 3.78. The Morgan fingerprint density at radius 3 is 3.08 bits per heavy atom. The number of H-pyrrole nitrogens is 1. The van der Waals surface area contributed by atoms with Crippen LogP contribution in [0.3, 0.4) is 0 Å². The van der Waals surface area contributed by atoms with E-state index in [4.69, 9.17) is 4.18 Å². The van der Waals surface area contributed by atoms with Gasteiger partial charge in [-0.2, -0.15) is 0 Å². The van der Waals surface area contributed by atoms with Gasteiger partial charge >= 0.3 is 0 Å². The zero-order chi connectivity index (χ0) is 9.26. The second-order valence-corrected chi connectivity index (χ2v) is 3.95. The molecule has 0 amide bonds. The van der Waals surface area contributed by atoms with Crippen molar-refractivity contribution < 1.29 is 4.18 Å². The Morgan fingerprint density at radius 1 is 1.46 bits per heavy atom. The standard InChI is InChI=1S/C9H8BrNOS/c1-13-12-6-2-3-9-7(4-6)8(10)5-11-9/h2-5,11H,1H3. The van der Waals surface area contributed by atoms with Crippen LogP contribution in [0.15, 0.2) is 28.9 Å². The zero-order valence-electron chi connectivity index (χ0n) is 7.00. The molecule has 2 nitrogen and oxygen atoms in total. The zero-order valence-corrected chi connectivity index (χ0v) is 9.41. The lowest BCUT2D eigenvalue weighted by Crippen LogP contribution is -1.78. The molecular formula is C9H8BrNOS. The van der Waals surface area contributed by atoms with Crippen LogP contribution >= 0.6 is 28.0 Å². The fourth-order valence-electron chi connectivity index (χ4n) is 1.21. The molecule has 0 saturated carbocycles. The van der Waals surface area contributed by atoms with Gasteiger partial charge in [0.15, 0.2) is 0 Å². The fourth-order valence-corrected chi connectivity index (χ4v) is 1.95. The van der Waals surface area contributed by atoms with E-state index in [2.05, 4.69) is 20.9 Å². The monoisotopic (exact) mass is 257 g/mol. The number of hydrogen-bond donors (Lipinski definition) is 1. The van der Waals surface area contributed by atoms with Crippen molar-refractivity contribution in [2.75, 3.05) is 6.26 Å². The average Bonchev–Trinajstić information content (AvgIpc) is 2.49. The lowest BCUT2D eigenvalue weighted by molar-refractivity contribution is 0.651. The summed E-state index contributed by atoms with van der Waals surface area (Å²) >= 11 is 4.80. The summed E-state index contributed by atoms with van der Waals surface area (Å²) in [7, 11) is 0. The molecule has 68 valence electrons. The Kier molecular flexibility index (Phi) is 2.51. The van der Waals surface area contributed by atoms with E-state index in [1.807, 2.05) is 30.7 Å². The van der Waals surface area contributed by atoms with E-state index >= 15 is 0 Å². The molecule has 1 heterocycles. The third kappa shape index (κ3) is 1.69. The van der Waals surface area contributed by atoms with Crippen LogP contribution in [-0.4, -0.2) is 11.2 Å². The van der Waals surface area contributed by atoms with Crippen LogP contribution < -0.4 is 4.18 Å². The maximum Gasteiger partial charge on any atom is 0.138 e. The predicted molar refractivity (Wildman–Crippen MR) is 60.1 cm³/mol. The molecule has 1 aromatic carbocycles. The summed E-state index contributed by atoms with van der Waals surface area (Å²) < 4.78 is 6.38. The van der Waals surface area contributed by atoms with Crippen LogP contribution in [0.25, 0.3) is 10.9 Å². The van der Waals surface area contributed by atoms with Gasteiger partial charge in [-0.15, -0.1) is 0 Å². The number of nitrogens with one attached hydrogen (secondary N) is 1. The van der Waals surface area contributed by atoms with Crippen LogP contribution in [0, 0.1) is 0 Å². The number of aromatic nitrogens is 1. The summed E-state index contributed by atoms with van der Waals surface area (Å²) in [6.07, 6.45) is 3.82. The smallest absolute Gasteiger partial charge is 0.138 e. The van der Waals surface area contributed by atoms with Crippen LogP contribution in [0.2, 0.25) is 0 Å². The van der Waals surface area contributed by atoms with Crippen LogP contribution in [0.5, 0.6) is 5.75 Å². The highest BCUT2D eigenvalue weighted by molar-refractivity contribution is 9.10. The molecule has 0 aliphatic carbocycles. The number of hydrogen-bond acceptors (Lipinski definition) is 2. The van der Waals surface area contributed by atoms with Crippen molar-refractivity contribution >= 4 is 38.9 Å². The van der Waals surface area contributed by atoms with Gasteiger partial charge in [-0.05, 0) is 34.1 Å². The Balaban J connectivity index is 2.53. The normalized spacial score (nSPS) is 10.6. The SMILES string of the molecule is CSOc1ccc2[nH]cc(Br)c2c1.